The molecule has 2 N–H and O–H groups in total. The molecule has 6 nitrogen and oxygen atoms in total. The predicted octanol–water partition coefficient (Wildman–Crippen LogP) is 4.58. The second kappa shape index (κ2) is 8.10. The van der Waals surface area contributed by atoms with E-state index in [9.17, 15) is 4.39 Å². The van der Waals surface area contributed by atoms with Crippen LogP contribution in [0.3, 0.4) is 0 Å². The van der Waals surface area contributed by atoms with E-state index in [-0.39, 0.29) is 11.9 Å². The number of nitrogen functional groups attached to an aromatic ring is 1. The molecule has 1 aromatic carbocycles. The van der Waals surface area contributed by atoms with Crippen LogP contribution in [0.4, 0.5) is 10.2 Å². The van der Waals surface area contributed by atoms with E-state index in [1.165, 1.54) is 12.1 Å². The van der Waals surface area contributed by atoms with E-state index in [1.54, 1.807) is 36.7 Å². The lowest BCUT2D eigenvalue weighted by atomic mass is 10.1. The molecule has 0 aliphatic rings. The Morgan fingerprint density at radius 2 is 1.93 bits per heavy atom. The number of hydrogen-bond donors (Lipinski definition) is 1. The van der Waals surface area contributed by atoms with Crippen LogP contribution >= 0.6 is 0 Å². The molecule has 0 spiro atoms. The van der Waals surface area contributed by atoms with Crippen LogP contribution in [0.1, 0.15) is 29.8 Å². The lowest BCUT2D eigenvalue weighted by molar-refractivity contribution is 0.217. The van der Waals surface area contributed by atoms with Gasteiger partial charge in [0.15, 0.2) is 5.76 Å². The summed E-state index contributed by atoms with van der Waals surface area (Å²) in [5.41, 5.74) is 9.19. The van der Waals surface area contributed by atoms with Gasteiger partial charge in [-0.15, -0.1) is 0 Å². The summed E-state index contributed by atoms with van der Waals surface area (Å²) >= 11 is 0. The van der Waals surface area contributed by atoms with Gasteiger partial charge < -0.3 is 15.0 Å². The lowest BCUT2D eigenvalue weighted by Crippen LogP contribution is -2.04. The van der Waals surface area contributed by atoms with Crippen LogP contribution in [0.2, 0.25) is 0 Å². The summed E-state index contributed by atoms with van der Waals surface area (Å²) in [6, 6.07) is 15.4. The highest BCUT2D eigenvalue weighted by Gasteiger charge is 2.12. The van der Waals surface area contributed by atoms with E-state index in [2.05, 4.69) is 15.1 Å². The molecule has 29 heavy (non-hydrogen) atoms. The average molecular weight is 390 g/mol. The standard InChI is InChI=1S/C22H19FN4O2/c1-14(16-5-7-17(23)8-6-16)28-21-9-4-15(13-26-21)11-18-12-20(29-27-18)19-3-2-10-25-22(19)24/h2-10,12-14H,11H2,1H3,(H2,24,25). The summed E-state index contributed by atoms with van der Waals surface area (Å²) in [4.78, 5) is 8.41. The van der Waals surface area contributed by atoms with Gasteiger partial charge in [0.1, 0.15) is 17.7 Å². The van der Waals surface area contributed by atoms with Crippen molar-refractivity contribution in [2.24, 2.45) is 0 Å². The first kappa shape index (κ1) is 18.6. The number of hydrogen-bond acceptors (Lipinski definition) is 6. The summed E-state index contributed by atoms with van der Waals surface area (Å²) in [6.07, 6.45) is 3.68. The van der Waals surface area contributed by atoms with Gasteiger partial charge >= 0.3 is 0 Å². The molecular formula is C22H19FN4O2. The minimum absolute atomic E-state index is 0.239. The third-order valence-electron chi connectivity index (χ3n) is 4.48. The lowest BCUT2D eigenvalue weighted by Gasteiger charge is -2.14. The molecule has 3 heterocycles. The second-order valence-corrected chi connectivity index (χ2v) is 6.61. The summed E-state index contributed by atoms with van der Waals surface area (Å²) < 4.78 is 24.3. The first-order valence-electron chi connectivity index (χ1n) is 9.12. The largest absolute Gasteiger partial charge is 0.470 e. The molecule has 0 saturated carbocycles. The van der Waals surface area contributed by atoms with Crippen molar-refractivity contribution >= 4 is 5.82 Å². The number of nitrogens with two attached hydrogens (primary N) is 1. The van der Waals surface area contributed by atoms with Gasteiger partial charge in [-0.3, -0.25) is 0 Å². The zero-order chi connectivity index (χ0) is 20.2. The fourth-order valence-electron chi connectivity index (χ4n) is 2.93. The first-order chi connectivity index (χ1) is 14.1. The minimum atomic E-state index is -0.273. The smallest absolute Gasteiger partial charge is 0.213 e. The van der Waals surface area contributed by atoms with Crippen LogP contribution in [0.15, 0.2) is 71.5 Å². The number of rotatable bonds is 6. The molecule has 3 aromatic heterocycles. The second-order valence-electron chi connectivity index (χ2n) is 6.61. The Kier molecular flexibility index (Phi) is 5.20. The number of aromatic nitrogens is 3. The Balaban J connectivity index is 1.41. The Bertz CT molecular complexity index is 1090. The van der Waals surface area contributed by atoms with E-state index in [0.717, 1.165) is 16.8 Å². The van der Waals surface area contributed by atoms with Gasteiger partial charge in [0.05, 0.1) is 11.3 Å². The number of nitrogens with zero attached hydrogens (tertiary/aromatic N) is 3. The maximum atomic E-state index is 13.0. The summed E-state index contributed by atoms with van der Waals surface area (Å²) in [5, 5.41) is 4.10. The topological polar surface area (TPSA) is 87.1 Å². The fraction of sp³-hybridized carbons (Fsp3) is 0.136. The van der Waals surface area contributed by atoms with Crippen molar-refractivity contribution in [2.75, 3.05) is 5.73 Å². The van der Waals surface area contributed by atoms with Gasteiger partial charge in [-0.25, -0.2) is 14.4 Å². The number of pyridine rings is 2. The zero-order valence-electron chi connectivity index (χ0n) is 15.7. The van der Waals surface area contributed by atoms with Crippen molar-refractivity contribution in [1.29, 1.82) is 0 Å². The molecule has 0 amide bonds. The Morgan fingerprint density at radius 3 is 2.66 bits per heavy atom. The van der Waals surface area contributed by atoms with Gasteiger partial charge in [-0.05, 0) is 42.3 Å². The Hall–Kier alpha value is -3.74. The Labute approximate surface area is 167 Å². The van der Waals surface area contributed by atoms with E-state index in [1.807, 2.05) is 25.1 Å². The normalized spacial score (nSPS) is 11.9. The molecule has 4 aromatic rings. The predicted molar refractivity (Wildman–Crippen MR) is 107 cm³/mol. The van der Waals surface area contributed by atoms with Crippen LogP contribution in [-0.2, 0) is 6.42 Å². The third-order valence-corrected chi connectivity index (χ3v) is 4.48. The first-order valence-corrected chi connectivity index (χ1v) is 9.12. The van der Waals surface area contributed by atoms with Crippen molar-refractivity contribution < 1.29 is 13.7 Å². The molecule has 0 fully saturated rings. The summed E-state index contributed by atoms with van der Waals surface area (Å²) in [5.74, 6) is 1.19. The molecule has 0 radical (unpaired) electrons. The van der Waals surface area contributed by atoms with Gasteiger partial charge in [0.25, 0.3) is 0 Å². The van der Waals surface area contributed by atoms with Gasteiger partial charge in [0.2, 0.25) is 5.88 Å². The van der Waals surface area contributed by atoms with Crippen molar-refractivity contribution in [2.45, 2.75) is 19.4 Å². The monoisotopic (exact) mass is 390 g/mol. The highest BCUT2D eigenvalue weighted by Crippen LogP contribution is 2.26. The number of halogens is 1. The third kappa shape index (κ3) is 4.40. The molecule has 1 unspecified atom stereocenters. The summed E-state index contributed by atoms with van der Waals surface area (Å²) in [7, 11) is 0. The molecule has 146 valence electrons. The molecule has 0 bridgehead atoms. The van der Waals surface area contributed by atoms with Crippen molar-refractivity contribution in [3.05, 3.63) is 89.6 Å². The number of benzene rings is 1. The molecular weight excluding hydrogens is 371 g/mol. The van der Waals surface area contributed by atoms with Crippen LogP contribution in [-0.4, -0.2) is 15.1 Å². The molecule has 0 aliphatic heterocycles. The zero-order valence-corrected chi connectivity index (χ0v) is 15.7. The maximum Gasteiger partial charge on any atom is 0.213 e. The van der Waals surface area contributed by atoms with Crippen molar-refractivity contribution in [3.8, 4) is 17.2 Å². The van der Waals surface area contributed by atoms with Gasteiger partial charge in [-0.2, -0.15) is 0 Å². The molecule has 0 saturated heterocycles. The Morgan fingerprint density at radius 1 is 1.10 bits per heavy atom. The van der Waals surface area contributed by atoms with E-state index in [0.29, 0.717) is 29.4 Å². The quantitative estimate of drug-likeness (QED) is 0.518. The minimum Gasteiger partial charge on any atom is -0.470 e. The summed E-state index contributed by atoms with van der Waals surface area (Å²) in [6.45, 7) is 1.89. The molecule has 1 atom stereocenters. The van der Waals surface area contributed by atoms with E-state index >= 15 is 0 Å². The van der Waals surface area contributed by atoms with E-state index < -0.39 is 0 Å². The van der Waals surface area contributed by atoms with Crippen LogP contribution in [0.25, 0.3) is 11.3 Å². The van der Waals surface area contributed by atoms with Crippen LogP contribution in [0.5, 0.6) is 5.88 Å². The van der Waals surface area contributed by atoms with Crippen molar-refractivity contribution in [3.63, 3.8) is 0 Å². The number of anilines is 1. The van der Waals surface area contributed by atoms with Gasteiger partial charge in [-0.1, -0.05) is 23.4 Å². The molecule has 0 aliphatic carbocycles. The van der Waals surface area contributed by atoms with E-state index in [4.69, 9.17) is 15.0 Å². The highest BCUT2D eigenvalue weighted by atomic mass is 19.1. The molecule has 7 heteroatoms. The van der Waals surface area contributed by atoms with Crippen LogP contribution < -0.4 is 10.5 Å². The average Bonchev–Trinajstić information content (AvgIpc) is 3.18. The highest BCUT2D eigenvalue weighted by molar-refractivity contribution is 5.69. The fourth-order valence-corrected chi connectivity index (χ4v) is 2.93. The van der Waals surface area contributed by atoms with Crippen molar-refractivity contribution in [1.82, 2.24) is 15.1 Å². The number of ether oxygens (including phenoxy) is 1. The molecule has 4 rings (SSSR count). The SMILES string of the molecule is CC(Oc1ccc(Cc2cc(-c3cccnc3N)on2)cn1)c1ccc(F)cc1. The maximum absolute atomic E-state index is 13.0. The van der Waals surface area contributed by atoms with Crippen LogP contribution in [0, 0.1) is 5.82 Å². The van der Waals surface area contributed by atoms with Gasteiger partial charge in [0, 0.05) is 30.9 Å².